The van der Waals surface area contributed by atoms with Crippen LogP contribution in [0.5, 0.6) is 0 Å². The summed E-state index contributed by atoms with van der Waals surface area (Å²) in [6.07, 6.45) is 0.700. The molecule has 0 aliphatic carbocycles. The van der Waals surface area contributed by atoms with Gasteiger partial charge < -0.3 is 10.2 Å². The molecular formula is C14H21Cl2FN4O2S. The first-order chi connectivity index (χ1) is 10.5. The van der Waals surface area contributed by atoms with Crippen LogP contribution in [0, 0.1) is 17.1 Å². The average Bonchev–Trinajstić information content (AvgIpc) is 2.53. The maximum Gasteiger partial charge on any atom is 0.240 e. The summed E-state index contributed by atoms with van der Waals surface area (Å²) in [6, 6.07) is 4.84. The largest absolute Gasteiger partial charge is 0.314 e. The van der Waals surface area contributed by atoms with Crippen LogP contribution in [0.4, 0.5) is 4.39 Å². The number of nitriles is 1. The predicted octanol–water partition coefficient (Wildman–Crippen LogP) is 1.11. The Morgan fingerprint density at radius 1 is 1.29 bits per heavy atom. The van der Waals surface area contributed by atoms with E-state index in [-0.39, 0.29) is 35.3 Å². The summed E-state index contributed by atoms with van der Waals surface area (Å²) < 4.78 is 39.9. The first-order valence-corrected chi connectivity index (χ1v) is 8.63. The van der Waals surface area contributed by atoms with Crippen LogP contribution >= 0.6 is 24.8 Å². The smallest absolute Gasteiger partial charge is 0.240 e. The molecule has 1 aromatic carbocycles. The van der Waals surface area contributed by atoms with Crippen LogP contribution in [0.2, 0.25) is 0 Å². The van der Waals surface area contributed by atoms with Crippen molar-refractivity contribution >= 4 is 34.8 Å². The third-order valence-corrected chi connectivity index (χ3v) is 4.98. The normalized spacial score (nSPS) is 15.0. The summed E-state index contributed by atoms with van der Waals surface area (Å²) in [5.74, 6) is -0.722. The molecule has 1 aliphatic heterocycles. The molecule has 2 N–H and O–H groups in total. The quantitative estimate of drug-likeness (QED) is 0.701. The Morgan fingerprint density at radius 3 is 2.58 bits per heavy atom. The van der Waals surface area contributed by atoms with E-state index < -0.39 is 15.8 Å². The highest BCUT2D eigenvalue weighted by Gasteiger charge is 2.16. The molecule has 0 unspecified atom stereocenters. The molecule has 6 nitrogen and oxygen atoms in total. The molecule has 0 bridgehead atoms. The molecule has 0 spiro atoms. The lowest BCUT2D eigenvalue weighted by atomic mass is 10.2. The molecule has 2 rings (SSSR count). The van der Waals surface area contributed by atoms with Gasteiger partial charge in [0.25, 0.3) is 0 Å². The summed E-state index contributed by atoms with van der Waals surface area (Å²) in [6.45, 7) is 4.99. The van der Waals surface area contributed by atoms with E-state index in [1.54, 1.807) is 6.07 Å². The van der Waals surface area contributed by atoms with E-state index in [1.165, 1.54) is 0 Å². The molecule has 136 valence electrons. The van der Waals surface area contributed by atoms with Crippen molar-refractivity contribution in [3.63, 3.8) is 0 Å². The van der Waals surface area contributed by atoms with Crippen LogP contribution in [0.3, 0.4) is 0 Å². The molecule has 1 aliphatic rings. The first-order valence-electron chi connectivity index (χ1n) is 7.15. The lowest BCUT2D eigenvalue weighted by molar-refractivity contribution is 0.239. The molecule has 0 atom stereocenters. The average molecular weight is 399 g/mol. The van der Waals surface area contributed by atoms with E-state index in [4.69, 9.17) is 5.26 Å². The third kappa shape index (κ3) is 6.51. The summed E-state index contributed by atoms with van der Waals surface area (Å²) >= 11 is 0. The maximum absolute atomic E-state index is 13.2. The highest BCUT2D eigenvalue weighted by Crippen LogP contribution is 2.14. The zero-order valence-corrected chi connectivity index (χ0v) is 15.4. The van der Waals surface area contributed by atoms with E-state index in [0.717, 1.165) is 50.9 Å². The minimum absolute atomic E-state index is 0. The first kappa shape index (κ1) is 23.1. The molecule has 0 saturated carbocycles. The summed E-state index contributed by atoms with van der Waals surface area (Å²) in [5, 5.41) is 12.0. The predicted molar refractivity (Wildman–Crippen MR) is 94.7 cm³/mol. The molecule has 24 heavy (non-hydrogen) atoms. The second-order valence-electron chi connectivity index (χ2n) is 5.10. The van der Waals surface area contributed by atoms with Crippen molar-refractivity contribution in [3.05, 3.63) is 29.6 Å². The Labute approximate surface area is 154 Å². The SMILES string of the molecule is Cl.Cl.N#Cc1cc(S(=O)(=O)NCCCN2CCNCC2)ccc1F. The Morgan fingerprint density at radius 2 is 1.96 bits per heavy atom. The van der Waals surface area contributed by atoms with E-state index >= 15 is 0 Å². The van der Waals surface area contributed by atoms with Crippen molar-refractivity contribution in [2.45, 2.75) is 11.3 Å². The number of benzene rings is 1. The highest BCUT2D eigenvalue weighted by molar-refractivity contribution is 7.89. The van der Waals surface area contributed by atoms with Crippen LogP contribution in [-0.4, -0.2) is 52.6 Å². The minimum atomic E-state index is -3.71. The van der Waals surface area contributed by atoms with Gasteiger partial charge >= 0.3 is 0 Å². The number of piperazine rings is 1. The molecule has 0 radical (unpaired) electrons. The standard InChI is InChI=1S/C14H19FN4O2S.2ClH/c15-14-3-2-13(10-12(14)11-16)22(20,21)18-4-1-7-19-8-5-17-6-9-19;;/h2-3,10,17-18H,1,4-9H2;2*1H. The van der Waals surface area contributed by atoms with E-state index in [1.807, 2.05) is 0 Å². The van der Waals surface area contributed by atoms with Gasteiger partial charge in [-0.1, -0.05) is 0 Å². The van der Waals surface area contributed by atoms with Crippen LogP contribution in [0.15, 0.2) is 23.1 Å². The molecular weight excluding hydrogens is 378 g/mol. The summed E-state index contributed by atoms with van der Waals surface area (Å²) in [7, 11) is -3.71. The van der Waals surface area contributed by atoms with Crippen molar-refractivity contribution in [1.29, 1.82) is 5.26 Å². The number of sulfonamides is 1. The fraction of sp³-hybridized carbons (Fsp3) is 0.500. The zero-order valence-electron chi connectivity index (χ0n) is 13.0. The second kappa shape index (κ2) is 10.8. The van der Waals surface area contributed by atoms with E-state index in [9.17, 15) is 12.8 Å². The number of nitrogens with one attached hydrogen (secondary N) is 2. The Hall–Kier alpha value is -0.950. The van der Waals surface area contributed by atoms with Crippen molar-refractivity contribution in [1.82, 2.24) is 14.9 Å². The van der Waals surface area contributed by atoms with Gasteiger partial charge in [-0.05, 0) is 31.2 Å². The molecule has 1 fully saturated rings. The van der Waals surface area contributed by atoms with Gasteiger partial charge in [-0.3, -0.25) is 0 Å². The van der Waals surface area contributed by atoms with Crippen molar-refractivity contribution in [2.24, 2.45) is 0 Å². The zero-order chi connectivity index (χ0) is 16.0. The van der Waals surface area contributed by atoms with Gasteiger partial charge in [0.05, 0.1) is 10.5 Å². The number of hydrogen-bond donors (Lipinski definition) is 2. The number of nitrogens with zero attached hydrogens (tertiary/aromatic N) is 2. The van der Waals surface area contributed by atoms with Gasteiger partial charge in [0, 0.05) is 32.7 Å². The maximum atomic E-state index is 13.2. The van der Waals surface area contributed by atoms with Gasteiger partial charge in [-0.25, -0.2) is 17.5 Å². The van der Waals surface area contributed by atoms with Gasteiger partial charge in [0.15, 0.2) is 0 Å². The minimum Gasteiger partial charge on any atom is -0.314 e. The highest BCUT2D eigenvalue weighted by atomic mass is 35.5. The molecule has 1 aromatic rings. The molecule has 0 amide bonds. The fourth-order valence-corrected chi connectivity index (χ4v) is 3.38. The number of halogens is 3. The van der Waals surface area contributed by atoms with Crippen LogP contribution in [-0.2, 0) is 10.0 Å². The molecule has 10 heteroatoms. The van der Waals surface area contributed by atoms with Crippen molar-refractivity contribution < 1.29 is 12.8 Å². The van der Waals surface area contributed by atoms with Crippen LogP contribution in [0.1, 0.15) is 12.0 Å². The summed E-state index contributed by atoms with van der Waals surface area (Å²) in [4.78, 5) is 2.18. The van der Waals surface area contributed by atoms with E-state index in [2.05, 4.69) is 14.9 Å². The van der Waals surface area contributed by atoms with E-state index in [0.29, 0.717) is 13.0 Å². The van der Waals surface area contributed by atoms with Gasteiger partial charge in [0.1, 0.15) is 11.9 Å². The Balaban J connectivity index is 0.00000264. The molecule has 1 saturated heterocycles. The van der Waals surface area contributed by atoms with Crippen molar-refractivity contribution in [2.75, 3.05) is 39.3 Å². The van der Waals surface area contributed by atoms with Gasteiger partial charge in [-0.2, -0.15) is 5.26 Å². The van der Waals surface area contributed by atoms with Gasteiger partial charge in [-0.15, -0.1) is 24.8 Å². The van der Waals surface area contributed by atoms with Gasteiger partial charge in [0.2, 0.25) is 10.0 Å². The fourth-order valence-electron chi connectivity index (χ4n) is 2.28. The second-order valence-corrected chi connectivity index (χ2v) is 6.86. The Bertz CT molecular complexity index is 661. The van der Waals surface area contributed by atoms with Crippen molar-refractivity contribution in [3.8, 4) is 6.07 Å². The van der Waals surface area contributed by atoms with Crippen LogP contribution in [0.25, 0.3) is 0 Å². The monoisotopic (exact) mass is 398 g/mol. The lowest BCUT2D eigenvalue weighted by Gasteiger charge is -2.27. The third-order valence-electron chi connectivity index (χ3n) is 3.52. The van der Waals surface area contributed by atoms with Crippen LogP contribution < -0.4 is 10.0 Å². The molecule has 0 aromatic heterocycles. The topological polar surface area (TPSA) is 85.2 Å². The lowest BCUT2D eigenvalue weighted by Crippen LogP contribution is -2.44. The molecule has 1 heterocycles. The number of hydrogen-bond acceptors (Lipinski definition) is 5. The Kier molecular flexibility index (Phi) is 10.4. The summed E-state index contributed by atoms with van der Waals surface area (Å²) in [5.41, 5.74) is -0.274. The number of rotatable bonds is 6.